The molecule has 0 fully saturated rings. The highest BCUT2D eigenvalue weighted by Gasteiger charge is 2.10. The van der Waals surface area contributed by atoms with Crippen LogP contribution in [0.5, 0.6) is 0 Å². The second-order valence-corrected chi connectivity index (χ2v) is 4.29. The molecular weight excluding hydrogens is 238 g/mol. The van der Waals surface area contributed by atoms with Gasteiger partial charge in [-0.05, 0) is 31.2 Å². The van der Waals surface area contributed by atoms with E-state index < -0.39 is 0 Å². The highest BCUT2D eigenvalue weighted by Crippen LogP contribution is 2.13. The minimum atomic E-state index is -0.237. The average molecular weight is 251 g/mol. The summed E-state index contributed by atoms with van der Waals surface area (Å²) in [6.07, 6.45) is 7.00. The number of rotatable bonds is 2. The Labute approximate surface area is 110 Å². The predicted molar refractivity (Wildman–Crippen MR) is 75.7 cm³/mol. The largest absolute Gasteiger partial charge is 0.299 e. The Morgan fingerprint density at radius 1 is 1.11 bits per heavy atom. The van der Waals surface area contributed by atoms with E-state index in [2.05, 4.69) is 15.2 Å². The molecule has 1 heterocycles. The average Bonchev–Trinajstić information content (AvgIpc) is 2.85. The van der Waals surface area contributed by atoms with Crippen LogP contribution in [0.15, 0.2) is 53.6 Å². The summed E-state index contributed by atoms with van der Waals surface area (Å²) in [4.78, 5) is 6.05. The third-order valence-electron chi connectivity index (χ3n) is 2.87. The molecule has 0 unspecified atom stereocenters. The van der Waals surface area contributed by atoms with E-state index in [1.165, 1.54) is 0 Å². The molecule has 94 valence electrons. The van der Waals surface area contributed by atoms with Gasteiger partial charge in [0.2, 0.25) is 0 Å². The van der Waals surface area contributed by atoms with E-state index in [-0.39, 0.29) is 6.17 Å². The predicted octanol–water partition coefficient (Wildman–Crippen LogP) is 2.54. The number of nitrogens with one attached hydrogen (secondary N) is 1. The molecule has 0 saturated carbocycles. The Morgan fingerprint density at radius 2 is 1.74 bits per heavy atom. The molecule has 1 aliphatic carbocycles. The van der Waals surface area contributed by atoms with Crippen molar-refractivity contribution in [3.05, 3.63) is 48.6 Å². The van der Waals surface area contributed by atoms with Crippen molar-refractivity contribution in [1.29, 1.82) is 5.41 Å². The number of hydrogen-bond donors (Lipinski definition) is 1. The summed E-state index contributed by atoms with van der Waals surface area (Å²) in [5.74, 6) is 0. The topological polar surface area (TPSA) is 66.9 Å². The van der Waals surface area contributed by atoms with Crippen LogP contribution >= 0.6 is 0 Å². The maximum Gasteiger partial charge on any atom is 0.159 e. The maximum atomic E-state index is 7.79. The molecule has 5 heteroatoms. The molecule has 19 heavy (non-hydrogen) atoms. The molecule has 5 nitrogen and oxygen atoms in total. The number of aromatic nitrogens is 3. The van der Waals surface area contributed by atoms with E-state index in [9.17, 15) is 0 Å². The Hall–Kier alpha value is -2.56. The highest BCUT2D eigenvalue weighted by molar-refractivity contribution is 6.50. The van der Waals surface area contributed by atoms with Crippen molar-refractivity contribution in [3.63, 3.8) is 0 Å². The molecule has 0 radical (unpaired) electrons. The van der Waals surface area contributed by atoms with Gasteiger partial charge in [0.15, 0.2) is 6.17 Å². The van der Waals surface area contributed by atoms with Crippen LogP contribution in [0, 0.1) is 5.41 Å². The number of fused-ring (bicyclic) bond motifs is 1. The van der Waals surface area contributed by atoms with E-state index in [0.29, 0.717) is 11.4 Å². The first kappa shape index (κ1) is 11.5. The fourth-order valence-corrected chi connectivity index (χ4v) is 1.88. The molecule has 0 saturated heterocycles. The summed E-state index contributed by atoms with van der Waals surface area (Å²) >= 11 is 0. The first-order valence-electron chi connectivity index (χ1n) is 6.07. The van der Waals surface area contributed by atoms with Crippen LogP contribution < -0.4 is 0 Å². The zero-order valence-electron chi connectivity index (χ0n) is 10.5. The molecule has 1 aromatic carbocycles. The molecule has 0 amide bonds. The first-order chi connectivity index (χ1) is 9.24. The van der Waals surface area contributed by atoms with Gasteiger partial charge in [0, 0.05) is 0 Å². The van der Waals surface area contributed by atoms with Crippen molar-refractivity contribution < 1.29 is 0 Å². The lowest BCUT2D eigenvalue weighted by Gasteiger charge is -2.08. The first-order valence-corrected chi connectivity index (χ1v) is 6.07. The number of aliphatic imine (C=N–C) groups is 1. The van der Waals surface area contributed by atoms with Gasteiger partial charge < -0.3 is 0 Å². The molecule has 0 bridgehead atoms. The van der Waals surface area contributed by atoms with Crippen LogP contribution in [-0.4, -0.2) is 26.4 Å². The minimum Gasteiger partial charge on any atom is -0.299 e. The molecule has 1 aliphatic rings. The minimum absolute atomic E-state index is 0.237. The van der Waals surface area contributed by atoms with Gasteiger partial charge in [0.05, 0.1) is 11.4 Å². The van der Waals surface area contributed by atoms with Crippen molar-refractivity contribution in [2.45, 2.75) is 13.1 Å². The summed E-state index contributed by atoms with van der Waals surface area (Å²) < 4.78 is 0. The Kier molecular flexibility index (Phi) is 2.79. The third kappa shape index (κ3) is 2.22. The zero-order chi connectivity index (χ0) is 13.2. The number of hydrogen-bond acceptors (Lipinski definition) is 4. The normalized spacial score (nSPS) is 18.4. The number of benzene rings is 1. The van der Waals surface area contributed by atoms with Crippen molar-refractivity contribution in [3.8, 4) is 0 Å². The summed E-state index contributed by atoms with van der Waals surface area (Å²) in [5, 5.41) is 16.6. The summed E-state index contributed by atoms with van der Waals surface area (Å²) in [6.45, 7) is 1.91. The lowest BCUT2D eigenvalue weighted by atomic mass is 10.1. The van der Waals surface area contributed by atoms with Crippen molar-refractivity contribution >= 4 is 22.5 Å². The summed E-state index contributed by atoms with van der Waals surface area (Å²) in [7, 11) is 0. The lowest BCUT2D eigenvalue weighted by molar-refractivity contribution is 0.456. The fraction of sp³-hybridized carbons (Fsp3) is 0.143. The second-order valence-electron chi connectivity index (χ2n) is 4.29. The van der Waals surface area contributed by atoms with Crippen molar-refractivity contribution in [2.24, 2.45) is 4.99 Å². The molecule has 3 rings (SSSR count). The molecule has 0 aliphatic heterocycles. The van der Waals surface area contributed by atoms with Gasteiger partial charge in [-0.2, -0.15) is 15.0 Å². The molecule has 1 aromatic heterocycles. The van der Waals surface area contributed by atoms with E-state index in [1.54, 1.807) is 10.9 Å². The molecular formula is C14H13N5. The van der Waals surface area contributed by atoms with Crippen LogP contribution in [0.2, 0.25) is 0 Å². The van der Waals surface area contributed by atoms with Crippen LogP contribution in [0.1, 0.15) is 13.1 Å². The summed E-state index contributed by atoms with van der Waals surface area (Å²) in [5.41, 5.74) is 2.76. The fourth-order valence-electron chi connectivity index (χ4n) is 1.88. The summed E-state index contributed by atoms with van der Waals surface area (Å²) in [6, 6.07) is 7.71. The Bertz CT molecular complexity index is 687. The Balaban J connectivity index is 1.93. The van der Waals surface area contributed by atoms with E-state index in [1.807, 2.05) is 49.4 Å². The van der Waals surface area contributed by atoms with Gasteiger partial charge in [-0.1, -0.05) is 24.3 Å². The smallest absolute Gasteiger partial charge is 0.159 e. The van der Waals surface area contributed by atoms with Crippen molar-refractivity contribution in [1.82, 2.24) is 15.0 Å². The van der Waals surface area contributed by atoms with E-state index >= 15 is 0 Å². The van der Waals surface area contributed by atoms with Crippen LogP contribution in [-0.2, 0) is 0 Å². The molecule has 2 aromatic rings. The molecule has 0 spiro atoms. The lowest BCUT2D eigenvalue weighted by Crippen LogP contribution is -2.14. The quantitative estimate of drug-likeness (QED) is 0.833. The van der Waals surface area contributed by atoms with Gasteiger partial charge in [0.25, 0.3) is 0 Å². The Morgan fingerprint density at radius 3 is 2.37 bits per heavy atom. The van der Waals surface area contributed by atoms with Crippen LogP contribution in [0.4, 0.5) is 0 Å². The van der Waals surface area contributed by atoms with E-state index in [0.717, 1.165) is 11.0 Å². The van der Waals surface area contributed by atoms with Crippen molar-refractivity contribution in [2.75, 3.05) is 0 Å². The monoisotopic (exact) mass is 251 g/mol. The maximum absolute atomic E-state index is 7.79. The van der Waals surface area contributed by atoms with Gasteiger partial charge >= 0.3 is 0 Å². The highest BCUT2D eigenvalue weighted by atomic mass is 15.5. The van der Waals surface area contributed by atoms with Gasteiger partial charge in [-0.25, -0.2) is 0 Å². The van der Waals surface area contributed by atoms with Crippen LogP contribution in [0.25, 0.3) is 11.0 Å². The van der Waals surface area contributed by atoms with Gasteiger partial charge in [-0.15, -0.1) is 0 Å². The molecule has 1 atom stereocenters. The SMILES string of the molecule is C[C@H](N=C1C=CC=CC1=N)n1nc2ccccc2n1. The number of nitrogens with zero attached hydrogens (tertiary/aromatic N) is 4. The van der Waals surface area contributed by atoms with E-state index in [4.69, 9.17) is 5.41 Å². The van der Waals surface area contributed by atoms with Gasteiger partial charge in [-0.3, -0.25) is 10.4 Å². The third-order valence-corrected chi connectivity index (χ3v) is 2.87. The van der Waals surface area contributed by atoms with Gasteiger partial charge in [0.1, 0.15) is 11.0 Å². The standard InChI is InChI=1S/C14H13N5/c1-10(16-12-7-3-2-6-11(12)15)19-17-13-8-4-5-9-14(13)18-19/h2-10,15H,1H3/t10-/m1/s1. The zero-order valence-corrected chi connectivity index (χ0v) is 10.5. The molecule has 1 N–H and O–H groups in total. The van der Waals surface area contributed by atoms with Crippen LogP contribution in [0.3, 0.4) is 0 Å². The number of allylic oxidation sites excluding steroid dienone is 4. The second kappa shape index (κ2) is 4.61.